The summed E-state index contributed by atoms with van der Waals surface area (Å²) in [7, 11) is 0. The van der Waals surface area contributed by atoms with Crippen LogP contribution in [0.2, 0.25) is 0 Å². The molecule has 4 nitrogen and oxygen atoms in total. The minimum Gasteiger partial charge on any atom is -0.456 e. The lowest BCUT2D eigenvalue weighted by Gasteiger charge is -2.40. The van der Waals surface area contributed by atoms with Crippen molar-refractivity contribution in [2.45, 2.75) is 5.41 Å². The topological polar surface area (TPSA) is 47.9 Å². The maximum atomic E-state index is 7.09. The van der Waals surface area contributed by atoms with Gasteiger partial charge in [-0.1, -0.05) is 182 Å². The molecular weight excluding hydrogens is 707 g/mol. The molecule has 1 aliphatic heterocycles. The van der Waals surface area contributed by atoms with E-state index in [4.69, 9.17) is 19.7 Å². The molecule has 0 bridgehead atoms. The van der Waals surface area contributed by atoms with Gasteiger partial charge in [0.2, 0.25) is 0 Å². The minimum atomic E-state index is -0.676. The van der Waals surface area contributed by atoms with E-state index in [2.05, 4.69) is 182 Å². The molecule has 0 amide bonds. The Morgan fingerprint density at radius 3 is 1.71 bits per heavy atom. The van der Waals surface area contributed by atoms with Gasteiger partial charge in [0.25, 0.3) is 0 Å². The Labute approximate surface area is 335 Å². The molecular formula is C54H33N3O. The highest BCUT2D eigenvalue weighted by atomic mass is 16.5. The highest BCUT2D eigenvalue weighted by molar-refractivity contribution is 6.05. The number of hydrogen-bond donors (Lipinski definition) is 0. The van der Waals surface area contributed by atoms with Gasteiger partial charge in [0.15, 0.2) is 5.82 Å². The predicted molar refractivity (Wildman–Crippen MR) is 234 cm³/mol. The third-order valence-corrected chi connectivity index (χ3v) is 11.9. The van der Waals surface area contributed by atoms with Gasteiger partial charge in [0.1, 0.15) is 11.5 Å². The standard InChI is InChI=1S/C54H33N3O/c1-3-16-35(17-4-1)50-41-22-9-13-28-46(41)56-53(57-50)37-32-30-34(31-33-37)38-23-15-26-44-52(38)58-47-29-14-11-25-43(47)54(44)42-24-10-7-20-39(42)48-49(54)40-21-8-12-27-45(40)55-51(48)36-18-5-2-6-19-36/h1-33H. The van der Waals surface area contributed by atoms with E-state index in [1.54, 1.807) is 0 Å². The Hall–Kier alpha value is -7.69. The Morgan fingerprint density at radius 1 is 0.362 bits per heavy atom. The second-order valence-corrected chi connectivity index (χ2v) is 15.0. The highest BCUT2D eigenvalue weighted by Crippen LogP contribution is 2.65. The molecule has 10 aromatic rings. The van der Waals surface area contributed by atoms with Crippen LogP contribution in [0, 0.1) is 0 Å². The summed E-state index contributed by atoms with van der Waals surface area (Å²) >= 11 is 0. The van der Waals surface area contributed by atoms with Crippen molar-refractivity contribution >= 4 is 21.8 Å². The molecule has 0 fully saturated rings. The smallest absolute Gasteiger partial charge is 0.160 e. The molecule has 8 aromatic carbocycles. The van der Waals surface area contributed by atoms with Crippen molar-refractivity contribution in [2.75, 3.05) is 0 Å². The fourth-order valence-corrected chi connectivity index (χ4v) is 9.50. The SMILES string of the molecule is c1ccc(-c2nc3ccccc3c3c2-c2ccccc2C32c3ccccc3Oc3c(-c4ccc(-c5nc(-c6ccccc6)c6ccccc6n5)cc4)cccc32)cc1. The molecule has 58 heavy (non-hydrogen) atoms. The first-order chi connectivity index (χ1) is 28.8. The average Bonchev–Trinajstić information content (AvgIpc) is 3.60. The zero-order chi connectivity index (χ0) is 38.2. The number of fused-ring (bicyclic) bond motifs is 12. The fourth-order valence-electron chi connectivity index (χ4n) is 9.50. The molecule has 2 aliphatic rings. The van der Waals surface area contributed by atoms with Gasteiger partial charge in [-0.25, -0.2) is 15.0 Å². The summed E-state index contributed by atoms with van der Waals surface area (Å²) in [4.78, 5) is 15.6. The molecule has 3 heterocycles. The fraction of sp³-hybridized carbons (Fsp3) is 0.0185. The lowest BCUT2D eigenvalue weighted by atomic mass is 9.65. The number of nitrogens with zero attached hydrogens (tertiary/aromatic N) is 3. The summed E-state index contributed by atoms with van der Waals surface area (Å²) in [6.45, 7) is 0. The first-order valence-corrected chi connectivity index (χ1v) is 19.7. The van der Waals surface area contributed by atoms with Gasteiger partial charge in [0, 0.05) is 49.7 Å². The maximum Gasteiger partial charge on any atom is 0.160 e. The number of benzene rings is 8. The van der Waals surface area contributed by atoms with Crippen molar-refractivity contribution < 1.29 is 4.74 Å². The molecule has 0 radical (unpaired) electrons. The Bertz CT molecular complexity index is 3250. The van der Waals surface area contributed by atoms with Crippen molar-refractivity contribution in [1.29, 1.82) is 0 Å². The van der Waals surface area contributed by atoms with Gasteiger partial charge < -0.3 is 4.74 Å². The van der Waals surface area contributed by atoms with Crippen LogP contribution in [0.1, 0.15) is 22.3 Å². The van der Waals surface area contributed by atoms with E-state index in [-0.39, 0.29) is 0 Å². The zero-order valence-corrected chi connectivity index (χ0v) is 31.3. The van der Waals surface area contributed by atoms with Gasteiger partial charge in [-0.15, -0.1) is 0 Å². The van der Waals surface area contributed by atoms with Gasteiger partial charge in [-0.05, 0) is 40.5 Å². The number of hydrogen-bond acceptors (Lipinski definition) is 4. The maximum absolute atomic E-state index is 7.09. The number of para-hydroxylation sites is 4. The largest absolute Gasteiger partial charge is 0.456 e. The summed E-state index contributed by atoms with van der Waals surface area (Å²) in [5.41, 5.74) is 15.4. The van der Waals surface area contributed by atoms with Crippen molar-refractivity contribution in [3.8, 4) is 67.7 Å². The van der Waals surface area contributed by atoms with Crippen LogP contribution in [0.25, 0.3) is 78.0 Å². The second kappa shape index (κ2) is 12.7. The molecule has 0 saturated heterocycles. The third-order valence-electron chi connectivity index (χ3n) is 11.9. The highest BCUT2D eigenvalue weighted by Gasteiger charge is 2.53. The van der Waals surface area contributed by atoms with Crippen LogP contribution < -0.4 is 4.74 Å². The van der Waals surface area contributed by atoms with Crippen molar-refractivity contribution in [2.24, 2.45) is 0 Å². The molecule has 0 N–H and O–H groups in total. The van der Waals surface area contributed by atoms with Crippen molar-refractivity contribution in [3.05, 3.63) is 222 Å². The van der Waals surface area contributed by atoms with E-state index in [0.717, 1.165) is 83.6 Å². The van der Waals surface area contributed by atoms with E-state index < -0.39 is 5.41 Å². The van der Waals surface area contributed by atoms with Gasteiger partial charge in [0.05, 0.1) is 27.8 Å². The summed E-state index contributed by atoms with van der Waals surface area (Å²) in [6.07, 6.45) is 0. The molecule has 1 aliphatic carbocycles. The van der Waals surface area contributed by atoms with E-state index in [0.29, 0.717) is 5.82 Å². The monoisotopic (exact) mass is 739 g/mol. The second-order valence-electron chi connectivity index (χ2n) is 15.0. The quantitative estimate of drug-likeness (QED) is 0.180. The zero-order valence-electron chi connectivity index (χ0n) is 31.3. The third kappa shape index (κ3) is 4.66. The molecule has 0 saturated carbocycles. The summed E-state index contributed by atoms with van der Waals surface area (Å²) in [6, 6.07) is 70.5. The molecule has 4 heteroatoms. The van der Waals surface area contributed by atoms with Crippen LogP contribution in [0.3, 0.4) is 0 Å². The molecule has 1 atom stereocenters. The first-order valence-electron chi connectivity index (χ1n) is 19.7. The normalized spacial score (nSPS) is 14.8. The van der Waals surface area contributed by atoms with Crippen LogP contribution >= 0.6 is 0 Å². The first kappa shape index (κ1) is 32.5. The van der Waals surface area contributed by atoms with E-state index in [1.165, 1.54) is 22.3 Å². The number of rotatable bonds is 4. The minimum absolute atomic E-state index is 0.676. The van der Waals surface area contributed by atoms with Gasteiger partial charge >= 0.3 is 0 Å². The molecule has 270 valence electrons. The van der Waals surface area contributed by atoms with E-state index in [1.807, 2.05) is 18.2 Å². The Morgan fingerprint density at radius 2 is 0.931 bits per heavy atom. The number of aromatic nitrogens is 3. The van der Waals surface area contributed by atoms with Crippen LogP contribution in [-0.2, 0) is 5.41 Å². The molecule has 2 aromatic heterocycles. The van der Waals surface area contributed by atoms with Gasteiger partial charge in [-0.3, -0.25) is 0 Å². The summed E-state index contributed by atoms with van der Waals surface area (Å²) < 4.78 is 7.09. The van der Waals surface area contributed by atoms with Crippen LogP contribution in [0.4, 0.5) is 0 Å². The van der Waals surface area contributed by atoms with Crippen LogP contribution in [0.15, 0.2) is 200 Å². The Balaban J connectivity index is 1.09. The number of pyridine rings is 1. The van der Waals surface area contributed by atoms with E-state index in [9.17, 15) is 0 Å². The lowest BCUT2D eigenvalue weighted by Crippen LogP contribution is -2.32. The van der Waals surface area contributed by atoms with Crippen LogP contribution in [0.5, 0.6) is 11.5 Å². The van der Waals surface area contributed by atoms with Crippen LogP contribution in [-0.4, -0.2) is 15.0 Å². The summed E-state index contributed by atoms with van der Waals surface area (Å²) in [5.74, 6) is 2.39. The Kier molecular flexibility index (Phi) is 7.11. The van der Waals surface area contributed by atoms with E-state index >= 15 is 0 Å². The molecule has 1 spiro atoms. The lowest BCUT2D eigenvalue weighted by molar-refractivity contribution is 0.438. The van der Waals surface area contributed by atoms with Crippen molar-refractivity contribution in [3.63, 3.8) is 0 Å². The predicted octanol–water partition coefficient (Wildman–Crippen LogP) is 13.3. The average molecular weight is 740 g/mol. The molecule has 12 rings (SSSR count). The number of ether oxygens (including phenoxy) is 1. The summed E-state index contributed by atoms with van der Waals surface area (Å²) in [5, 5.41) is 2.17. The van der Waals surface area contributed by atoms with Gasteiger partial charge in [-0.2, -0.15) is 0 Å². The van der Waals surface area contributed by atoms with Crippen molar-refractivity contribution in [1.82, 2.24) is 15.0 Å². The molecule has 1 unspecified atom stereocenters.